The molecule has 37 heavy (non-hydrogen) atoms. The summed E-state index contributed by atoms with van der Waals surface area (Å²) in [5.41, 5.74) is 3.06. The number of carbonyl (C=O) groups excluding carboxylic acids is 1. The summed E-state index contributed by atoms with van der Waals surface area (Å²) in [6, 6.07) is 9.79. The number of sulfonamides is 1. The first-order chi connectivity index (χ1) is 17.8. The molecule has 4 aromatic rings. The number of fused-ring (bicyclic) bond motifs is 1. The van der Waals surface area contributed by atoms with Crippen LogP contribution in [0.25, 0.3) is 21.6 Å². The Morgan fingerprint density at radius 1 is 1.24 bits per heavy atom. The van der Waals surface area contributed by atoms with E-state index in [0.717, 1.165) is 64.5 Å². The molecule has 1 aliphatic carbocycles. The van der Waals surface area contributed by atoms with E-state index in [1.807, 2.05) is 35.8 Å². The highest BCUT2D eigenvalue weighted by Gasteiger charge is 2.28. The minimum Gasteiger partial charge on any atom is -0.352 e. The zero-order valence-corrected chi connectivity index (χ0v) is 22.9. The van der Waals surface area contributed by atoms with Crippen molar-refractivity contribution in [2.75, 3.05) is 17.8 Å². The van der Waals surface area contributed by atoms with Gasteiger partial charge >= 0.3 is 0 Å². The molecule has 0 spiro atoms. The van der Waals surface area contributed by atoms with E-state index in [2.05, 4.69) is 24.9 Å². The Bertz CT molecular complexity index is 1550. The van der Waals surface area contributed by atoms with Crippen molar-refractivity contribution in [2.24, 2.45) is 5.92 Å². The number of aromatic nitrogens is 2. The molecule has 8 nitrogen and oxygen atoms in total. The first kappa shape index (κ1) is 24.6. The van der Waals surface area contributed by atoms with Crippen molar-refractivity contribution in [1.82, 2.24) is 20.2 Å². The molecule has 0 radical (unpaired) electrons. The monoisotopic (exact) mass is 555 g/mol. The molecule has 1 amide bonds. The number of aromatic amines is 1. The molecule has 0 bridgehead atoms. The van der Waals surface area contributed by atoms with E-state index in [9.17, 15) is 13.2 Å². The summed E-state index contributed by atoms with van der Waals surface area (Å²) >= 11 is 2.90. The molecule has 1 saturated heterocycles. The predicted molar refractivity (Wildman–Crippen MR) is 148 cm³/mol. The number of H-pyrrole nitrogens is 1. The molecule has 3 aromatic heterocycles. The van der Waals surface area contributed by atoms with E-state index in [1.165, 1.54) is 24.2 Å². The minimum absolute atomic E-state index is 0.0153. The minimum atomic E-state index is -3.68. The van der Waals surface area contributed by atoms with E-state index in [4.69, 9.17) is 0 Å². The molecule has 1 saturated carbocycles. The number of nitrogens with zero attached hydrogens (tertiary/aromatic N) is 2. The van der Waals surface area contributed by atoms with Gasteiger partial charge < -0.3 is 10.3 Å². The van der Waals surface area contributed by atoms with Crippen molar-refractivity contribution in [3.63, 3.8) is 0 Å². The van der Waals surface area contributed by atoms with Crippen LogP contribution in [0.4, 0.5) is 5.69 Å². The van der Waals surface area contributed by atoms with Gasteiger partial charge in [0.15, 0.2) is 0 Å². The second kappa shape index (κ2) is 9.86. The number of anilines is 1. The lowest BCUT2D eigenvalue weighted by Gasteiger charge is -2.14. The Labute approximate surface area is 224 Å². The van der Waals surface area contributed by atoms with Gasteiger partial charge in [-0.2, -0.15) is 0 Å². The average molecular weight is 556 g/mol. The third-order valence-electron chi connectivity index (χ3n) is 6.90. The maximum atomic E-state index is 13.3. The molecule has 4 heterocycles. The van der Waals surface area contributed by atoms with Crippen LogP contribution in [-0.2, 0) is 27.8 Å². The van der Waals surface area contributed by atoms with Crippen LogP contribution < -0.4 is 10.0 Å². The van der Waals surface area contributed by atoms with Crippen LogP contribution in [0.5, 0.6) is 0 Å². The van der Waals surface area contributed by atoms with Crippen molar-refractivity contribution in [3.05, 3.63) is 52.3 Å². The van der Waals surface area contributed by atoms with Gasteiger partial charge in [-0.05, 0) is 60.7 Å². The SMILES string of the molecule is CC(=O)NC1CCN(Cc2cnc(-c3cc4cccc(NS(=O)(=O)c5sccc5CC5CC5)c4[nH]3)s2)C1. The third-order valence-corrected chi connectivity index (χ3v) is 10.8. The lowest BCUT2D eigenvalue weighted by Crippen LogP contribution is -2.35. The number of amides is 1. The number of thiophene rings is 1. The number of thiazole rings is 1. The summed E-state index contributed by atoms with van der Waals surface area (Å²) in [6.07, 6.45) is 6.05. The number of para-hydroxylation sites is 1. The molecule has 194 valence electrons. The Morgan fingerprint density at radius 3 is 2.92 bits per heavy atom. The fourth-order valence-corrected chi connectivity index (χ4v) is 8.43. The Kier molecular flexibility index (Phi) is 6.56. The van der Waals surface area contributed by atoms with Crippen LogP contribution in [0.1, 0.15) is 36.6 Å². The third kappa shape index (κ3) is 5.45. The summed E-state index contributed by atoms with van der Waals surface area (Å²) in [7, 11) is -3.68. The second-order valence-electron chi connectivity index (χ2n) is 9.99. The zero-order chi connectivity index (χ0) is 25.6. The van der Waals surface area contributed by atoms with Gasteiger partial charge in [-0.25, -0.2) is 13.4 Å². The molecule has 1 aromatic carbocycles. The largest absolute Gasteiger partial charge is 0.352 e. The van der Waals surface area contributed by atoms with E-state index >= 15 is 0 Å². The van der Waals surface area contributed by atoms with Gasteiger partial charge in [0.1, 0.15) is 9.22 Å². The van der Waals surface area contributed by atoms with Crippen molar-refractivity contribution in [2.45, 2.75) is 49.4 Å². The number of carbonyl (C=O) groups is 1. The number of likely N-dealkylation sites (tertiary alicyclic amines) is 1. The van der Waals surface area contributed by atoms with E-state index in [0.29, 0.717) is 15.8 Å². The molecule has 11 heteroatoms. The maximum Gasteiger partial charge on any atom is 0.271 e. The molecular formula is C26H29N5O3S3. The van der Waals surface area contributed by atoms with Gasteiger partial charge in [0.25, 0.3) is 10.0 Å². The van der Waals surface area contributed by atoms with Gasteiger partial charge in [0.05, 0.1) is 16.9 Å². The summed E-state index contributed by atoms with van der Waals surface area (Å²) in [5, 5.41) is 6.65. The highest BCUT2D eigenvalue weighted by atomic mass is 32.2. The topological polar surface area (TPSA) is 107 Å². The van der Waals surface area contributed by atoms with Crippen molar-refractivity contribution in [3.8, 4) is 10.7 Å². The maximum absolute atomic E-state index is 13.3. The van der Waals surface area contributed by atoms with Crippen LogP contribution >= 0.6 is 22.7 Å². The summed E-state index contributed by atoms with van der Waals surface area (Å²) in [5.74, 6) is 0.631. The van der Waals surface area contributed by atoms with Gasteiger partial charge in [-0.3, -0.25) is 14.4 Å². The van der Waals surface area contributed by atoms with Gasteiger partial charge in [0, 0.05) is 49.1 Å². The van der Waals surface area contributed by atoms with Crippen molar-refractivity contribution >= 4 is 55.2 Å². The van der Waals surface area contributed by atoms with Gasteiger partial charge in [0.2, 0.25) is 5.91 Å². The highest BCUT2D eigenvalue weighted by molar-refractivity contribution is 7.94. The summed E-state index contributed by atoms with van der Waals surface area (Å²) < 4.78 is 29.9. The predicted octanol–water partition coefficient (Wildman–Crippen LogP) is 4.82. The van der Waals surface area contributed by atoms with Crippen molar-refractivity contribution in [1.29, 1.82) is 0 Å². The van der Waals surface area contributed by atoms with Crippen LogP contribution in [0.15, 0.2) is 46.1 Å². The summed E-state index contributed by atoms with van der Waals surface area (Å²) in [6.45, 7) is 4.14. The molecule has 6 rings (SSSR count). The molecule has 1 atom stereocenters. The number of hydrogen-bond acceptors (Lipinski definition) is 7. The Balaban J connectivity index is 1.19. The van der Waals surface area contributed by atoms with Gasteiger partial charge in [-0.15, -0.1) is 22.7 Å². The lowest BCUT2D eigenvalue weighted by molar-refractivity contribution is -0.119. The number of benzene rings is 1. The molecule has 2 fully saturated rings. The standard InChI is InChI=1S/C26H29N5O3S3/c1-16(32)28-20-7-9-31(14-20)15-21-13-27-25(36-21)23-12-18-3-2-4-22(24(18)29-23)30-37(33,34)26-19(8-10-35-26)11-17-5-6-17/h2-4,8,10,12-13,17,20,29-30H,5-7,9,11,14-15H2,1H3,(H,28,32). The number of hydrogen-bond donors (Lipinski definition) is 3. The van der Waals surface area contributed by atoms with E-state index in [-0.39, 0.29) is 11.9 Å². The van der Waals surface area contributed by atoms with Crippen LogP contribution in [-0.4, -0.2) is 48.3 Å². The fraction of sp³-hybridized carbons (Fsp3) is 0.385. The summed E-state index contributed by atoms with van der Waals surface area (Å²) in [4.78, 5) is 22.9. The number of rotatable bonds is 9. The highest BCUT2D eigenvalue weighted by Crippen LogP contribution is 2.37. The van der Waals surface area contributed by atoms with Crippen molar-refractivity contribution < 1.29 is 13.2 Å². The Hall–Kier alpha value is -2.73. The molecule has 2 aliphatic rings. The van der Waals surface area contributed by atoms with Crippen LogP contribution in [0, 0.1) is 5.92 Å². The first-order valence-corrected chi connectivity index (χ1v) is 15.7. The fourth-order valence-electron chi connectivity index (χ4n) is 5.00. The molecular weight excluding hydrogens is 527 g/mol. The molecule has 1 aliphatic heterocycles. The normalized spacial score (nSPS) is 18.5. The lowest BCUT2D eigenvalue weighted by atomic mass is 10.2. The van der Waals surface area contributed by atoms with Crippen LogP contribution in [0.2, 0.25) is 0 Å². The van der Waals surface area contributed by atoms with E-state index in [1.54, 1.807) is 24.3 Å². The van der Waals surface area contributed by atoms with Crippen LogP contribution in [0.3, 0.4) is 0 Å². The smallest absolute Gasteiger partial charge is 0.271 e. The quantitative estimate of drug-likeness (QED) is 0.275. The first-order valence-electron chi connectivity index (χ1n) is 12.5. The Morgan fingerprint density at radius 2 is 2.11 bits per heavy atom. The number of nitrogens with one attached hydrogen (secondary N) is 3. The zero-order valence-electron chi connectivity index (χ0n) is 20.5. The van der Waals surface area contributed by atoms with E-state index < -0.39 is 10.0 Å². The second-order valence-corrected chi connectivity index (χ2v) is 13.9. The average Bonchev–Trinajstić information content (AvgIpc) is 3.28. The molecule has 3 N–H and O–H groups in total. The molecule has 1 unspecified atom stereocenters. The van der Waals surface area contributed by atoms with Gasteiger partial charge in [-0.1, -0.05) is 12.1 Å².